The van der Waals surface area contributed by atoms with Crippen molar-refractivity contribution in [3.63, 3.8) is 0 Å². The third-order valence-electron chi connectivity index (χ3n) is 4.79. The van der Waals surface area contributed by atoms with Crippen molar-refractivity contribution in [3.05, 3.63) is 18.0 Å². The van der Waals surface area contributed by atoms with E-state index in [2.05, 4.69) is 18.9 Å². The predicted molar refractivity (Wildman–Crippen MR) is 81.8 cm³/mol. The molecule has 0 aromatic carbocycles. The minimum atomic E-state index is -0.595. The molecule has 1 unspecified atom stereocenters. The average molecular weight is 293 g/mol. The Morgan fingerprint density at radius 3 is 2.67 bits per heavy atom. The summed E-state index contributed by atoms with van der Waals surface area (Å²) in [6.45, 7) is 4.65. The summed E-state index contributed by atoms with van der Waals surface area (Å²) < 4.78 is 7.04. The number of methoxy groups -OCH3 is 1. The van der Waals surface area contributed by atoms with Crippen molar-refractivity contribution in [2.75, 3.05) is 13.7 Å². The van der Waals surface area contributed by atoms with Gasteiger partial charge in [-0.2, -0.15) is 5.10 Å². The summed E-state index contributed by atoms with van der Waals surface area (Å²) in [7, 11) is 1.44. The van der Waals surface area contributed by atoms with Crippen LogP contribution in [0.2, 0.25) is 0 Å². The highest BCUT2D eigenvalue weighted by molar-refractivity contribution is 5.78. The van der Waals surface area contributed by atoms with Gasteiger partial charge in [0.15, 0.2) is 0 Å². The SMILES string of the molecule is CCC(CC)n1ccc(CC(CN)(C(=O)OC)C2CC2)n1. The molecule has 0 radical (unpaired) electrons. The minimum Gasteiger partial charge on any atom is -0.469 e. The first-order chi connectivity index (χ1) is 10.1. The zero-order valence-electron chi connectivity index (χ0n) is 13.3. The maximum Gasteiger partial charge on any atom is 0.313 e. The molecular weight excluding hydrogens is 266 g/mol. The molecule has 0 amide bonds. The lowest BCUT2D eigenvalue weighted by Gasteiger charge is -2.28. The fraction of sp³-hybridized carbons (Fsp3) is 0.750. The molecule has 118 valence electrons. The molecule has 2 rings (SSSR count). The molecule has 0 spiro atoms. The molecule has 1 atom stereocenters. The quantitative estimate of drug-likeness (QED) is 0.747. The highest BCUT2D eigenvalue weighted by Crippen LogP contribution is 2.47. The van der Waals surface area contributed by atoms with Gasteiger partial charge < -0.3 is 10.5 Å². The number of nitrogens with zero attached hydrogens (tertiary/aromatic N) is 2. The van der Waals surface area contributed by atoms with Crippen LogP contribution in [-0.2, 0) is 16.0 Å². The highest BCUT2D eigenvalue weighted by Gasteiger charge is 2.51. The normalized spacial score (nSPS) is 17.8. The van der Waals surface area contributed by atoms with E-state index in [1.165, 1.54) is 7.11 Å². The van der Waals surface area contributed by atoms with Gasteiger partial charge >= 0.3 is 5.97 Å². The maximum atomic E-state index is 12.3. The second-order valence-corrected chi connectivity index (χ2v) is 6.06. The number of hydrogen-bond acceptors (Lipinski definition) is 4. The van der Waals surface area contributed by atoms with Crippen molar-refractivity contribution in [1.82, 2.24) is 9.78 Å². The van der Waals surface area contributed by atoms with E-state index in [0.29, 0.717) is 24.9 Å². The van der Waals surface area contributed by atoms with Crippen LogP contribution in [0, 0.1) is 11.3 Å². The third-order valence-corrected chi connectivity index (χ3v) is 4.79. The van der Waals surface area contributed by atoms with E-state index in [1.807, 2.05) is 16.9 Å². The molecule has 1 saturated carbocycles. The van der Waals surface area contributed by atoms with E-state index in [4.69, 9.17) is 10.5 Å². The fourth-order valence-corrected chi connectivity index (χ4v) is 3.21. The van der Waals surface area contributed by atoms with E-state index < -0.39 is 5.41 Å². The van der Waals surface area contributed by atoms with Crippen molar-refractivity contribution < 1.29 is 9.53 Å². The van der Waals surface area contributed by atoms with Gasteiger partial charge in [-0.3, -0.25) is 9.48 Å². The molecule has 1 aromatic heterocycles. The molecule has 1 fully saturated rings. The van der Waals surface area contributed by atoms with Crippen LogP contribution in [0.1, 0.15) is 51.3 Å². The molecule has 0 saturated heterocycles. The van der Waals surface area contributed by atoms with E-state index in [-0.39, 0.29) is 5.97 Å². The topological polar surface area (TPSA) is 70.1 Å². The lowest BCUT2D eigenvalue weighted by Crippen LogP contribution is -2.43. The van der Waals surface area contributed by atoms with Crippen LogP contribution in [0.25, 0.3) is 0 Å². The first-order valence-corrected chi connectivity index (χ1v) is 7.93. The molecule has 0 bridgehead atoms. The van der Waals surface area contributed by atoms with Crippen LogP contribution in [-0.4, -0.2) is 29.4 Å². The predicted octanol–water partition coefficient (Wildman–Crippen LogP) is 2.31. The Balaban J connectivity index is 2.19. The molecule has 0 aliphatic heterocycles. The highest BCUT2D eigenvalue weighted by atomic mass is 16.5. The van der Waals surface area contributed by atoms with Gasteiger partial charge in [0.1, 0.15) is 0 Å². The number of aromatic nitrogens is 2. The maximum absolute atomic E-state index is 12.3. The Labute approximate surface area is 126 Å². The van der Waals surface area contributed by atoms with Gasteiger partial charge in [0, 0.05) is 19.2 Å². The number of rotatable bonds is 8. The summed E-state index contributed by atoms with van der Waals surface area (Å²) in [5, 5.41) is 4.67. The van der Waals surface area contributed by atoms with Crippen LogP contribution in [0.4, 0.5) is 0 Å². The number of hydrogen-bond donors (Lipinski definition) is 1. The summed E-state index contributed by atoms with van der Waals surface area (Å²) in [5.74, 6) is 0.151. The zero-order valence-corrected chi connectivity index (χ0v) is 13.3. The van der Waals surface area contributed by atoms with Crippen LogP contribution in [0.5, 0.6) is 0 Å². The molecule has 1 aliphatic rings. The summed E-state index contributed by atoms with van der Waals surface area (Å²) in [4.78, 5) is 12.3. The van der Waals surface area contributed by atoms with Gasteiger partial charge in [0.05, 0.1) is 24.3 Å². The third kappa shape index (κ3) is 3.12. The number of ether oxygens (including phenoxy) is 1. The Hall–Kier alpha value is -1.36. The second-order valence-electron chi connectivity index (χ2n) is 6.06. The standard InChI is InChI=1S/C16H27N3O2/c1-4-14(5-2)19-9-8-13(18-19)10-16(11-17,12-6-7-12)15(20)21-3/h8-9,12,14H,4-7,10-11,17H2,1-3H3. The van der Waals surface area contributed by atoms with Crippen molar-refractivity contribution in [3.8, 4) is 0 Å². The van der Waals surface area contributed by atoms with E-state index in [1.54, 1.807) is 0 Å². The molecule has 5 heteroatoms. The minimum absolute atomic E-state index is 0.190. The molecule has 21 heavy (non-hydrogen) atoms. The fourth-order valence-electron chi connectivity index (χ4n) is 3.21. The Bertz CT molecular complexity index is 478. The van der Waals surface area contributed by atoms with Gasteiger partial charge in [-0.1, -0.05) is 13.8 Å². The van der Waals surface area contributed by atoms with Crippen molar-refractivity contribution >= 4 is 5.97 Å². The lowest BCUT2D eigenvalue weighted by molar-refractivity contribution is -0.153. The van der Waals surface area contributed by atoms with Crippen LogP contribution < -0.4 is 5.73 Å². The van der Waals surface area contributed by atoms with Crippen LogP contribution in [0.15, 0.2) is 12.3 Å². The molecular formula is C16H27N3O2. The van der Waals surface area contributed by atoms with Gasteiger partial charge in [-0.05, 0) is 37.7 Å². The monoisotopic (exact) mass is 293 g/mol. The van der Waals surface area contributed by atoms with Gasteiger partial charge in [0.2, 0.25) is 0 Å². The number of carbonyl (C=O) groups excluding carboxylic acids is 1. The Morgan fingerprint density at radius 1 is 1.52 bits per heavy atom. The summed E-state index contributed by atoms with van der Waals surface area (Å²) >= 11 is 0. The number of esters is 1. The molecule has 1 heterocycles. The summed E-state index contributed by atoms with van der Waals surface area (Å²) in [6, 6.07) is 2.43. The van der Waals surface area contributed by atoms with Crippen LogP contribution in [0.3, 0.4) is 0 Å². The van der Waals surface area contributed by atoms with Gasteiger partial charge in [-0.25, -0.2) is 0 Å². The smallest absolute Gasteiger partial charge is 0.313 e. The van der Waals surface area contributed by atoms with Gasteiger partial charge in [-0.15, -0.1) is 0 Å². The first-order valence-electron chi connectivity index (χ1n) is 7.93. The van der Waals surface area contributed by atoms with Crippen molar-refractivity contribution in [1.29, 1.82) is 0 Å². The summed E-state index contributed by atoms with van der Waals surface area (Å²) in [6.07, 6.45) is 6.81. The van der Waals surface area contributed by atoms with Crippen molar-refractivity contribution in [2.45, 2.75) is 52.0 Å². The Morgan fingerprint density at radius 2 is 2.19 bits per heavy atom. The zero-order chi connectivity index (χ0) is 15.5. The average Bonchev–Trinajstić information content (AvgIpc) is 3.27. The molecule has 1 aliphatic carbocycles. The first kappa shape index (κ1) is 16.0. The molecule has 2 N–H and O–H groups in total. The van der Waals surface area contributed by atoms with E-state index in [9.17, 15) is 4.79 Å². The van der Waals surface area contributed by atoms with Crippen molar-refractivity contribution in [2.24, 2.45) is 17.1 Å². The summed E-state index contributed by atoms with van der Waals surface area (Å²) in [5.41, 5.74) is 6.30. The second kappa shape index (κ2) is 6.60. The van der Waals surface area contributed by atoms with E-state index in [0.717, 1.165) is 31.4 Å². The molecule has 1 aromatic rings. The van der Waals surface area contributed by atoms with Crippen LogP contribution >= 0.6 is 0 Å². The number of carbonyl (C=O) groups is 1. The number of nitrogens with two attached hydrogens (primary N) is 1. The largest absolute Gasteiger partial charge is 0.469 e. The Kier molecular flexibility index (Phi) is 5.04. The van der Waals surface area contributed by atoms with E-state index >= 15 is 0 Å². The lowest BCUT2D eigenvalue weighted by atomic mass is 9.78. The molecule has 5 nitrogen and oxygen atoms in total. The van der Waals surface area contributed by atoms with Gasteiger partial charge in [0.25, 0.3) is 0 Å².